The van der Waals surface area contributed by atoms with Gasteiger partial charge in [-0.3, -0.25) is 43.3 Å². The number of carbonyl (C=O) groups is 10. The Morgan fingerprint density at radius 3 is 1.91 bits per heavy atom. The molecule has 9 aliphatic heterocycles. The molecule has 4 fully saturated rings. The smallest absolute Gasteiger partial charge is 0.334 e. The van der Waals surface area contributed by atoms with Crippen LogP contribution in [0.2, 0.25) is 10.0 Å². The molecule has 0 aromatic heterocycles. The SMILES string of the molecule is CN[C@H](CC(C)C)C(=O)N[C@H]1C(=O)N[C@@H](CC(N)=O)C(=O)N[C@H]2C(=O)N[C@H]3C(=O)N[C@H](C(=O)N[C@@H](C(=O)O)c4cc(O)cc(O)c4-c4cc3ccc4O)[C@H](O)c3ccc(c(Cl)c3)Oc3cc2cc(c3O[C@@H]2O[C@H](CO)[C@@H](O)[C@H](O)[C@H]2O[C@H]2C[C@](C)(N)C(O)[C@H](C)O2)Oc2ccc(cc2Cl)[C@H]1O.O=C(O)[C@H]1/C(=C/CO)O[C@@H]2CC(=O)N21. The average Bonchev–Trinajstić information content (AvgIpc) is 1.64. The van der Waals surface area contributed by atoms with Crippen LogP contribution in [0.25, 0.3) is 11.1 Å². The van der Waals surface area contributed by atoms with Crippen molar-refractivity contribution in [1.29, 1.82) is 0 Å². The maximum atomic E-state index is 16.0. The highest BCUT2D eigenvalue weighted by Crippen LogP contribution is 2.50. The number of phenols is 3. The molecule has 115 heavy (non-hydrogen) atoms. The Morgan fingerprint density at radius 1 is 0.722 bits per heavy atom. The van der Waals surface area contributed by atoms with E-state index in [2.05, 4.69) is 37.2 Å². The molecule has 8 amide bonds. The lowest BCUT2D eigenvalue weighted by Crippen LogP contribution is -2.64. The van der Waals surface area contributed by atoms with Crippen LogP contribution in [0.15, 0.2) is 90.7 Å². The van der Waals surface area contributed by atoms with Gasteiger partial charge < -0.3 is 143 Å². The molecule has 1 unspecified atom stereocenters. The minimum Gasteiger partial charge on any atom is -0.508 e. The molecule has 39 nitrogen and oxygen atoms in total. The molecule has 0 radical (unpaired) electrons. The van der Waals surface area contributed by atoms with E-state index in [1.807, 2.05) is 13.8 Å². The summed E-state index contributed by atoms with van der Waals surface area (Å²) in [6, 6.07) is -1.74. The Morgan fingerprint density at radius 2 is 1.34 bits per heavy atom. The number of nitrogens with one attached hydrogen (secondary N) is 7. The number of aromatic hydroxyl groups is 3. The molecular weight excluding hydrogens is 1560 g/mol. The molecule has 9 heterocycles. The zero-order chi connectivity index (χ0) is 83.8. The Labute approximate surface area is 662 Å². The van der Waals surface area contributed by atoms with Gasteiger partial charge in [0.05, 0.1) is 54.4 Å². The van der Waals surface area contributed by atoms with Gasteiger partial charge in [0.15, 0.2) is 42.2 Å². The fraction of sp³-hybridized carbons (Fsp3) is 0.432. The second kappa shape index (κ2) is 34.7. The van der Waals surface area contributed by atoms with Gasteiger partial charge in [-0.1, -0.05) is 55.2 Å². The van der Waals surface area contributed by atoms with Gasteiger partial charge >= 0.3 is 11.9 Å². The summed E-state index contributed by atoms with van der Waals surface area (Å²) in [6.45, 7) is 5.36. The van der Waals surface area contributed by atoms with Crippen molar-refractivity contribution in [3.8, 4) is 57.1 Å². The number of phenolic OH excluding ortho intramolecular Hbond substituents is 3. The number of carboxylic acids is 2. The van der Waals surface area contributed by atoms with Crippen molar-refractivity contribution < 1.29 is 142 Å². The number of rotatable bonds is 15. The van der Waals surface area contributed by atoms with Crippen molar-refractivity contribution in [2.24, 2.45) is 17.4 Å². The largest absolute Gasteiger partial charge is 0.508 e. The topological polar surface area (TPSA) is 618 Å². The summed E-state index contributed by atoms with van der Waals surface area (Å²) < 4.78 is 43.5. The molecular formula is C74H84Cl2N10O29. The lowest BCUT2D eigenvalue weighted by Gasteiger charge is -2.47. The highest BCUT2D eigenvalue weighted by atomic mass is 35.5. The summed E-state index contributed by atoms with van der Waals surface area (Å²) in [5.41, 5.74) is 8.00. The Hall–Kier alpha value is -10.8. The lowest BCUT2D eigenvalue weighted by molar-refractivity contribution is -0.333. The maximum Gasteiger partial charge on any atom is 0.334 e. The molecule has 5 aromatic rings. The Balaban J connectivity index is 0.000000834. The number of β-lactam (4-membered cyclic amide) rings is 1. The third-order valence-electron chi connectivity index (χ3n) is 20.1. The molecule has 11 bridgehead atoms. The monoisotopic (exact) mass is 1650 g/mol. The number of aliphatic hydroxyl groups is 7. The summed E-state index contributed by atoms with van der Waals surface area (Å²) in [5.74, 6) is -17.2. The molecule has 4 saturated heterocycles. The normalized spacial score (nSPS) is 29.8. The first-order valence-corrected chi connectivity index (χ1v) is 36.5. The molecule has 14 rings (SSSR count). The van der Waals surface area contributed by atoms with Gasteiger partial charge in [-0.2, -0.15) is 0 Å². The van der Waals surface area contributed by atoms with Crippen LogP contribution in [0, 0.1) is 5.92 Å². The number of ether oxygens (including phenoxy) is 7. The molecule has 0 aliphatic carbocycles. The van der Waals surface area contributed by atoms with E-state index in [4.69, 9.17) is 78.0 Å². The van der Waals surface area contributed by atoms with Gasteiger partial charge in [0.25, 0.3) is 0 Å². The van der Waals surface area contributed by atoms with E-state index in [1.165, 1.54) is 44.0 Å². The van der Waals surface area contributed by atoms with Crippen LogP contribution in [-0.2, 0) is 66.9 Å². The van der Waals surface area contributed by atoms with Crippen molar-refractivity contribution in [2.75, 3.05) is 20.3 Å². The second-order valence-corrected chi connectivity index (χ2v) is 29.6. The Kier molecular flexibility index (Phi) is 25.7. The van der Waals surface area contributed by atoms with Gasteiger partial charge in [-0.25, -0.2) is 9.59 Å². The fourth-order valence-corrected chi connectivity index (χ4v) is 14.6. The standard InChI is InChI=1S/C66H75Cl2N9O24.C8H9NO5/c1-23(2)12-34(71-5)58(88)76-49-51(83)26-7-10-38(32(67)14-26)97-40-16-28-17-41(55(40)101-65-56(54(86)53(85)42(22-78)99-65)100-44-21-66(4,70)57(87)24(3)96-44)98-39-11-8-27(15-33(39)68)52(84)50-63(93)75-48(64(94)95)31-18-29(79)19-37(81)45(31)30-13-25(6-9-36(30)80)46(60(90)77-50)74-61(91)47(28)73-59(89)35(20-43(69)82)72-62(49)92;10-2-1-4-7(8(12)13)9-5(11)3-6(9)14-4/h6-11,13-19,23-24,34-35,42,44,46-54,56-57,65,71,78-81,83-87H,12,20-22,70H2,1-5H3,(H2,69,82)(H,72,92)(H,73,89)(H,74,91)(H,75,93)(H,76,88)(H,77,90)(H,94,95);1,6-7,10H,2-3H2,(H,12,13)/b;4-1-/t24-,34+,35-,42+,44-,46+,47+,48+,49+,50-,51+,52+,53+,54-,56+,57?,65-,66-;6-,7-/m01/s1. The van der Waals surface area contributed by atoms with E-state index in [0.29, 0.717) is 0 Å². The summed E-state index contributed by atoms with van der Waals surface area (Å²) in [4.78, 5) is 140. The number of primary amides is 1. The number of hydrogen-bond donors (Lipinski definition) is 21. The number of likely N-dealkylation sites (N-methyl/N-ethyl adjacent to an activating group) is 1. The van der Waals surface area contributed by atoms with Crippen LogP contribution >= 0.6 is 23.2 Å². The minimum atomic E-state index is -2.35. The van der Waals surface area contributed by atoms with Crippen molar-refractivity contribution in [2.45, 2.75) is 175 Å². The van der Waals surface area contributed by atoms with E-state index in [1.54, 1.807) is 0 Å². The van der Waals surface area contributed by atoms with Gasteiger partial charge in [0.1, 0.15) is 95.2 Å². The number of benzene rings is 5. The quantitative estimate of drug-likeness (QED) is 0.0560. The first-order valence-electron chi connectivity index (χ1n) is 35.8. The molecule has 41 heteroatoms. The molecule has 9 aliphatic rings. The van der Waals surface area contributed by atoms with Crippen LogP contribution in [-0.4, -0.2) is 237 Å². The van der Waals surface area contributed by atoms with Gasteiger partial charge in [-0.15, -0.1) is 0 Å². The molecule has 0 spiro atoms. The number of nitrogens with zero attached hydrogens (tertiary/aromatic N) is 1. The summed E-state index contributed by atoms with van der Waals surface area (Å²) >= 11 is 14.1. The molecule has 0 saturated carbocycles. The predicted octanol–water partition coefficient (Wildman–Crippen LogP) is -0.989. The maximum absolute atomic E-state index is 16.0. The van der Waals surface area contributed by atoms with E-state index >= 15 is 14.4 Å². The highest BCUT2D eigenvalue weighted by Gasteiger charge is 2.55. The van der Waals surface area contributed by atoms with Crippen molar-refractivity contribution in [3.05, 3.63) is 129 Å². The number of amides is 8. The van der Waals surface area contributed by atoms with Crippen LogP contribution in [0.1, 0.15) is 112 Å². The number of hydrogen-bond acceptors (Lipinski definition) is 29. The molecule has 618 valence electrons. The number of fused-ring (bicyclic) bond motifs is 16. The first kappa shape index (κ1) is 85.1. The van der Waals surface area contributed by atoms with Gasteiger partial charge in [0.2, 0.25) is 59.3 Å². The minimum absolute atomic E-state index is 0.0975. The number of aliphatic hydroxyl groups excluding tert-OH is 7. The third-order valence-corrected chi connectivity index (χ3v) is 20.7. The van der Waals surface area contributed by atoms with Gasteiger partial charge in [-0.05, 0) is 116 Å². The van der Waals surface area contributed by atoms with Gasteiger partial charge in [0, 0.05) is 34.7 Å². The molecule has 5 aromatic carbocycles. The summed E-state index contributed by atoms with van der Waals surface area (Å²) in [7, 11) is 1.47. The number of carbonyl (C=O) groups excluding carboxylic acids is 8. The fourth-order valence-electron chi connectivity index (χ4n) is 14.2. The van der Waals surface area contributed by atoms with Crippen LogP contribution in [0.5, 0.6) is 46.0 Å². The zero-order valence-electron chi connectivity index (χ0n) is 61.5. The number of aliphatic carboxylic acids is 2. The van der Waals surface area contributed by atoms with E-state index < -0.39 is 255 Å². The lowest BCUT2D eigenvalue weighted by atomic mass is 9.86. The second-order valence-electron chi connectivity index (χ2n) is 28.8. The Bertz CT molecular complexity index is 4690. The summed E-state index contributed by atoms with van der Waals surface area (Å²) in [6.07, 6.45) is -17.5. The third kappa shape index (κ3) is 18.0. The van der Waals surface area contributed by atoms with Crippen LogP contribution < -0.4 is 62.9 Å². The molecule has 23 N–H and O–H groups in total. The van der Waals surface area contributed by atoms with Crippen molar-refractivity contribution in [1.82, 2.24) is 42.1 Å². The summed E-state index contributed by atoms with van der Waals surface area (Å²) in [5, 5.41) is 148. The molecule has 20 atom stereocenters. The number of carboxylic acid groups (broad SMARTS) is 2. The average molecular weight is 1650 g/mol. The van der Waals surface area contributed by atoms with E-state index in [9.17, 15) is 84.6 Å². The van der Waals surface area contributed by atoms with Crippen LogP contribution in [0.3, 0.4) is 0 Å². The van der Waals surface area contributed by atoms with Crippen LogP contribution in [0.4, 0.5) is 0 Å². The highest BCUT2D eigenvalue weighted by molar-refractivity contribution is 6.32. The predicted molar refractivity (Wildman–Crippen MR) is 392 cm³/mol. The van der Waals surface area contributed by atoms with E-state index in [-0.39, 0.29) is 70.9 Å². The number of nitrogens with two attached hydrogens (primary N) is 2. The van der Waals surface area contributed by atoms with E-state index in [0.717, 1.165) is 66.7 Å². The van der Waals surface area contributed by atoms with Crippen molar-refractivity contribution >= 4 is 82.4 Å². The first-order chi connectivity index (χ1) is 54.3. The zero-order valence-corrected chi connectivity index (χ0v) is 63.0. The van der Waals surface area contributed by atoms with Crippen molar-refractivity contribution in [3.63, 3.8) is 0 Å². The number of halogens is 2.